The Morgan fingerprint density at radius 2 is 2.10 bits per heavy atom. The number of halogens is 1. The van der Waals surface area contributed by atoms with Crippen LogP contribution in [0.4, 0.5) is 5.13 Å². The van der Waals surface area contributed by atoms with Crippen LogP contribution in [0.2, 0.25) is 0 Å². The lowest BCUT2D eigenvalue weighted by Crippen LogP contribution is -2.11. The predicted molar refractivity (Wildman–Crippen MR) is 87.6 cm³/mol. The summed E-state index contributed by atoms with van der Waals surface area (Å²) in [5.41, 5.74) is 0.597. The van der Waals surface area contributed by atoms with E-state index in [9.17, 15) is 4.79 Å². The van der Waals surface area contributed by atoms with E-state index in [1.54, 1.807) is 23.9 Å². The predicted octanol–water partition coefficient (Wildman–Crippen LogP) is 4.44. The summed E-state index contributed by atoms with van der Waals surface area (Å²) in [6, 6.07) is 7.18. The molecule has 7 heteroatoms. The van der Waals surface area contributed by atoms with Gasteiger partial charge in [0.1, 0.15) is 0 Å². The van der Waals surface area contributed by atoms with Crippen molar-refractivity contribution < 1.29 is 4.79 Å². The van der Waals surface area contributed by atoms with E-state index in [-0.39, 0.29) is 5.91 Å². The van der Waals surface area contributed by atoms with Crippen LogP contribution in [0.3, 0.4) is 0 Å². The van der Waals surface area contributed by atoms with Gasteiger partial charge in [0.05, 0.1) is 0 Å². The molecule has 0 saturated carbocycles. The topological polar surface area (TPSA) is 54.9 Å². The van der Waals surface area contributed by atoms with E-state index >= 15 is 0 Å². The highest BCUT2D eigenvalue weighted by Crippen LogP contribution is 2.30. The Kier molecular flexibility index (Phi) is 5.56. The van der Waals surface area contributed by atoms with Crippen molar-refractivity contribution in [2.75, 3.05) is 5.32 Å². The van der Waals surface area contributed by atoms with Crippen LogP contribution in [0.5, 0.6) is 0 Å². The smallest absolute Gasteiger partial charge is 0.257 e. The van der Waals surface area contributed by atoms with Crippen molar-refractivity contribution in [3.05, 3.63) is 34.3 Å². The first-order valence-corrected chi connectivity index (χ1v) is 8.64. The number of nitrogens with one attached hydrogen (secondary N) is 1. The van der Waals surface area contributed by atoms with Gasteiger partial charge in [-0.3, -0.25) is 10.1 Å². The van der Waals surface area contributed by atoms with Crippen LogP contribution in [0.15, 0.2) is 33.1 Å². The monoisotopic (exact) mass is 371 g/mol. The standard InChI is InChI=1S/C13H14BrN3OS2/c1-3-8(2)19-13-17-16-12(20-13)15-11(18)9-4-6-10(14)7-5-9/h4-8H,3H2,1-2H3,(H,15,16,18). The number of nitrogens with zero attached hydrogens (tertiary/aromatic N) is 2. The summed E-state index contributed by atoms with van der Waals surface area (Å²) < 4.78 is 1.82. The van der Waals surface area contributed by atoms with E-state index in [0.29, 0.717) is 15.9 Å². The fourth-order valence-corrected chi connectivity index (χ4v) is 3.59. The number of rotatable bonds is 5. The highest BCUT2D eigenvalue weighted by molar-refractivity contribution is 9.10. The average Bonchev–Trinajstić information content (AvgIpc) is 2.86. The van der Waals surface area contributed by atoms with Crippen LogP contribution < -0.4 is 5.32 Å². The molecule has 0 saturated heterocycles. The Hall–Kier alpha value is -0.920. The maximum Gasteiger partial charge on any atom is 0.257 e. The number of benzene rings is 1. The minimum absolute atomic E-state index is 0.172. The molecule has 0 aliphatic rings. The van der Waals surface area contributed by atoms with E-state index < -0.39 is 0 Å². The molecule has 1 aromatic heterocycles. The minimum atomic E-state index is -0.172. The highest BCUT2D eigenvalue weighted by atomic mass is 79.9. The maximum atomic E-state index is 12.0. The van der Waals surface area contributed by atoms with E-state index in [1.165, 1.54) is 11.3 Å². The van der Waals surface area contributed by atoms with Crippen molar-refractivity contribution in [1.82, 2.24) is 10.2 Å². The Morgan fingerprint density at radius 3 is 2.75 bits per heavy atom. The third kappa shape index (κ3) is 4.29. The van der Waals surface area contributed by atoms with Crippen molar-refractivity contribution >= 4 is 50.1 Å². The number of hydrogen-bond donors (Lipinski definition) is 1. The first-order chi connectivity index (χ1) is 9.58. The van der Waals surface area contributed by atoms with Gasteiger partial charge in [0.15, 0.2) is 4.34 Å². The molecular weight excluding hydrogens is 358 g/mol. The lowest BCUT2D eigenvalue weighted by molar-refractivity contribution is 0.102. The van der Waals surface area contributed by atoms with Crippen LogP contribution in [-0.2, 0) is 0 Å². The normalized spacial score (nSPS) is 12.2. The summed E-state index contributed by atoms with van der Waals surface area (Å²) in [4.78, 5) is 12.0. The Labute approximate surface area is 134 Å². The number of carbonyl (C=O) groups is 1. The minimum Gasteiger partial charge on any atom is -0.296 e. The lowest BCUT2D eigenvalue weighted by Gasteiger charge is -2.02. The first-order valence-electron chi connectivity index (χ1n) is 6.15. The van der Waals surface area contributed by atoms with Gasteiger partial charge in [0, 0.05) is 15.3 Å². The largest absolute Gasteiger partial charge is 0.296 e. The van der Waals surface area contributed by atoms with Gasteiger partial charge in [-0.05, 0) is 30.7 Å². The molecule has 0 spiro atoms. The second-order valence-corrected chi connectivity index (χ2v) is 7.75. The number of thioether (sulfide) groups is 1. The van der Waals surface area contributed by atoms with Gasteiger partial charge in [-0.25, -0.2) is 0 Å². The van der Waals surface area contributed by atoms with Crippen molar-refractivity contribution in [1.29, 1.82) is 0 Å². The molecule has 0 bridgehead atoms. The zero-order valence-electron chi connectivity index (χ0n) is 11.1. The fraction of sp³-hybridized carbons (Fsp3) is 0.308. The van der Waals surface area contributed by atoms with Gasteiger partial charge in [0.2, 0.25) is 5.13 Å². The van der Waals surface area contributed by atoms with E-state index in [2.05, 4.69) is 45.3 Å². The van der Waals surface area contributed by atoms with Gasteiger partial charge < -0.3 is 0 Å². The summed E-state index contributed by atoms with van der Waals surface area (Å²) >= 11 is 6.42. The first kappa shape index (κ1) is 15.5. The zero-order valence-corrected chi connectivity index (χ0v) is 14.3. The molecule has 1 aromatic carbocycles. The quantitative estimate of drug-likeness (QED) is 0.623. The SMILES string of the molecule is CCC(C)Sc1nnc(NC(=O)c2ccc(Br)cc2)s1. The summed E-state index contributed by atoms with van der Waals surface area (Å²) in [5.74, 6) is -0.172. The molecule has 1 N–H and O–H groups in total. The molecule has 1 amide bonds. The zero-order chi connectivity index (χ0) is 14.5. The number of carbonyl (C=O) groups excluding carboxylic acids is 1. The Balaban J connectivity index is 1.99. The van der Waals surface area contributed by atoms with E-state index in [4.69, 9.17) is 0 Å². The highest BCUT2D eigenvalue weighted by Gasteiger charge is 2.12. The molecular formula is C13H14BrN3OS2. The molecule has 106 valence electrons. The summed E-state index contributed by atoms with van der Waals surface area (Å²) in [7, 11) is 0. The van der Waals surface area contributed by atoms with Gasteiger partial charge in [-0.2, -0.15) is 0 Å². The fourth-order valence-electron chi connectivity index (χ4n) is 1.33. The van der Waals surface area contributed by atoms with Crippen molar-refractivity contribution in [2.45, 2.75) is 29.9 Å². The summed E-state index contributed by atoms with van der Waals surface area (Å²) in [5, 5.41) is 11.9. The molecule has 1 atom stereocenters. The second-order valence-electron chi connectivity index (χ2n) is 4.17. The number of anilines is 1. The lowest BCUT2D eigenvalue weighted by atomic mass is 10.2. The van der Waals surface area contributed by atoms with Crippen molar-refractivity contribution in [3.8, 4) is 0 Å². The molecule has 1 unspecified atom stereocenters. The van der Waals surface area contributed by atoms with Gasteiger partial charge in [-0.15, -0.1) is 10.2 Å². The van der Waals surface area contributed by atoms with Gasteiger partial charge in [-0.1, -0.05) is 52.9 Å². The summed E-state index contributed by atoms with van der Waals surface area (Å²) in [6.45, 7) is 4.28. The number of amides is 1. The molecule has 20 heavy (non-hydrogen) atoms. The molecule has 1 heterocycles. The van der Waals surface area contributed by atoms with E-state index in [1.807, 2.05) is 12.1 Å². The van der Waals surface area contributed by atoms with Crippen molar-refractivity contribution in [2.24, 2.45) is 0 Å². The molecule has 2 rings (SSSR count). The number of aromatic nitrogens is 2. The molecule has 2 aromatic rings. The maximum absolute atomic E-state index is 12.0. The van der Waals surface area contributed by atoms with Gasteiger partial charge in [0.25, 0.3) is 5.91 Å². The van der Waals surface area contributed by atoms with Crippen LogP contribution in [0.25, 0.3) is 0 Å². The molecule has 4 nitrogen and oxygen atoms in total. The van der Waals surface area contributed by atoms with E-state index in [0.717, 1.165) is 15.2 Å². The molecule has 0 aliphatic carbocycles. The summed E-state index contributed by atoms with van der Waals surface area (Å²) in [6.07, 6.45) is 1.07. The molecule has 0 radical (unpaired) electrons. The van der Waals surface area contributed by atoms with Crippen LogP contribution in [0.1, 0.15) is 30.6 Å². The van der Waals surface area contributed by atoms with Crippen LogP contribution in [-0.4, -0.2) is 21.4 Å². The van der Waals surface area contributed by atoms with Gasteiger partial charge >= 0.3 is 0 Å². The molecule has 0 aliphatic heterocycles. The Bertz CT molecular complexity index is 586. The van der Waals surface area contributed by atoms with Crippen LogP contribution in [0, 0.1) is 0 Å². The second kappa shape index (κ2) is 7.19. The molecule has 0 fully saturated rings. The number of hydrogen-bond acceptors (Lipinski definition) is 5. The van der Waals surface area contributed by atoms with Crippen LogP contribution >= 0.6 is 39.0 Å². The van der Waals surface area contributed by atoms with Crippen molar-refractivity contribution in [3.63, 3.8) is 0 Å². The third-order valence-electron chi connectivity index (χ3n) is 2.61. The average molecular weight is 372 g/mol. The third-order valence-corrected chi connectivity index (χ3v) is 5.33. The Morgan fingerprint density at radius 1 is 1.40 bits per heavy atom.